The summed E-state index contributed by atoms with van der Waals surface area (Å²) < 4.78 is 10.6. The van der Waals surface area contributed by atoms with E-state index >= 15 is 0 Å². The van der Waals surface area contributed by atoms with Gasteiger partial charge in [-0.25, -0.2) is 0 Å². The lowest BCUT2D eigenvalue weighted by molar-refractivity contribution is 0.0787. The van der Waals surface area contributed by atoms with Gasteiger partial charge in [-0.05, 0) is 43.1 Å². The molecule has 1 aromatic carbocycles. The number of rotatable bonds is 9. The van der Waals surface area contributed by atoms with Crippen LogP contribution in [0.1, 0.15) is 46.2 Å². The summed E-state index contributed by atoms with van der Waals surface area (Å²) in [6, 6.07) is 7.44. The van der Waals surface area contributed by atoms with E-state index < -0.39 is 0 Å². The molecule has 1 aromatic heterocycles. The van der Waals surface area contributed by atoms with Crippen molar-refractivity contribution < 1.29 is 19.1 Å². The van der Waals surface area contributed by atoms with Crippen LogP contribution in [0.2, 0.25) is 0 Å². The van der Waals surface area contributed by atoms with Gasteiger partial charge in [-0.15, -0.1) is 0 Å². The van der Waals surface area contributed by atoms with Gasteiger partial charge in [0, 0.05) is 31.4 Å². The number of H-pyrrole nitrogens is 1. The number of benzene rings is 1. The molecule has 1 aliphatic rings. The van der Waals surface area contributed by atoms with Gasteiger partial charge in [0.2, 0.25) is 0 Å². The number of carbonyl (C=O) groups is 2. The Morgan fingerprint density at radius 3 is 2.48 bits per heavy atom. The van der Waals surface area contributed by atoms with Crippen molar-refractivity contribution in [3.63, 3.8) is 0 Å². The number of hydrogen-bond donors (Lipinski definition) is 1. The molecule has 0 spiro atoms. The van der Waals surface area contributed by atoms with Gasteiger partial charge >= 0.3 is 0 Å². The summed E-state index contributed by atoms with van der Waals surface area (Å²) in [5, 5.41) is 0. The normalized spacial score (nSPS) is 13.7. The van der Waals surface area contributed by atoms with Crippen LogP contribution in [0.4, 0.5) is 0 Å². The first-order valence-electron chi connectivity index (χ1n) is 9.99. The van der Waals surface area contributed by atoms with Crippen molar-refractivity contribution in [2.75, 3.05) is 40.4 Å². The Morgan fingerprint density at radius 2 is 1.83 bits per heavy atom. The van der Waals surface area contributed by atoms with E-state index in [4.69, 9.17) is 9.47 Å². The minimum absolute atomic E-state index is 0.0101. The summed E-state index contributed by atoms with van der Waals surface area (Å²) in [5.41, 5.74) is 2.06. The van der Waals surface area contributed by atoms with Crippen LogP contribution in [0, 0.1) is 0 Å². The van der Waals surface area contributed by atoms with Gasteiger partial charge in [0.25, 0.3) is 5.91 Å². The number of nitrogens with zero attached hydrogens (tertiary/aromatic N) is 2. The second-order valence-corrected chi connectivity index (χ2v) is 7.22. The molecule has 7 heteroatoms. The second kappa shape index (κ2) is 9.60. The molecule has 7 nitrogen and oxygen atoms in total. The molecule has 156 valence electrons. The summed E-state index contributed by atoms with van der Waals surface area (Å²) in [5.74, 6) is 1.31. The Bertz CT molecular complexity index is 855. The van der Waals surface area contributed by atoms with Crippen LogP contribution in [0.3, 0.4) is 0 Å². The Morgan fingerprint density at radius 1 is 1.10 bits per heavy atom. The van der Waals surface area contributed by atoms with Crippen LogP contribution in [0.15, 0.2) is 30.5 Å². The van der Waals surface area contributed by atoms with E-state index in [1.54, 1.807) is 26.5 Å². The van der Waals surface area contributed by atoms with Crippen LogP contribution in [0.25, 0.3) is 0 Å². The lowest BCUT2D eigenvalue weighted by Crippen LogP contribution is -2.29. The molecule has 1 amide bonds. The highest BCUT2D eigenvalue weighted by atomic mass is 16.5. The molecule has 0 aliphatic carbocycles. The fourth-order valence-electron chi connectivity index (χ4n) is 3.58. The zero-order valence-electron chi connectivity index (χ0n) is 17.4. The monoisotopic (exact) mass is 399 g/mol. The maximum atomic E-state index is 12.8. The molecule has 1 fully saturated rings. The Kier molecular flexibility index (Phi) is 6.93. The van der Waals surface area contributed by atoms with Crippen molar-refractivity contribution in [1.82, 2.24) is 14.8 Å². The third-order valence-corrected chi connectivity index (χ3v) is 5.30. The van der Waals surface area contributed by atoms with Gasteiger partial charge in [-0.3, -0.25) is 14.5 Å². The largest absolute Gasteiger partial charge is 0.493 e. The second-order valence-electron chi connectivity index (χ2n) is 7.22. The molecule has 1 saturated heterocycles. The van der Waals surface area contributed by atoms with Crippen LogP contribution >= 0.6 is 0 Å². The van der Waals surface area contributed by atoms with Crippen LogP contribution in [-0.2, 0) is 6.54 Å². The van der Waals surface area contributed by atoms with Gasteiger partial charge < -0.3 is 19.4 Å². The van der Waals surface area contributed by atoms with Crippen molar-refractivity contribution in [2.24, 2.45) is 0 Å². The van der Waals surface area contributed by atoms with E-state index in [1.165, 1.54) is 0 Å². The Balaban J connectivity index is 1.63. The van der Waals surface area contributed by atoms with E-state index in [9.17, 15) is 9.59 Å². The van der Waals surface area contributed by atoms with Crippen LogP contribution < -0.4 is 9.47 Å². The zero-order valence-corrected chi connectivity index (χ0v) is 17.4. The number of carbonyl (C=O) groups excluding carboxylic acids is 2. The number of amides is 1. The molecule has 0 atom stereocenters. The highest BCUT2D eigenvalue weighted by Crippen LogP contribution is 2.28. The highest BCUT2D eigenvalue weighted by molar-refractivity contribution is 6.01. The molecule has 0 radical (unpaired) electrons. The molecular formula is C22H29N3O4. The fourth-order valence-corrected chi connectivity index (χ4v) is 3.58. The SMILES string of the molecule is CCN(CC(=O)c1c[nH]c(C(=O)N2CCCC2)c1)Cc1ccc(OC)c(OC)c1. The standard InChI is InChI=1S/C22H29N3O4/c1-4-24(14-16-7-8-20(28-2)21(11-16)29-3)15-19(26)17-12-18(23-13-17)22(27)25-9-5-6-10-25/h7-8,11-13,23H,4-6,9-10,14-15H2,1-3H3. The van der Waals surface area contributed by atoms with Gasteiger partial charge in [0.05, 0.1) is 20.8 Å². The number of likely N-dealkylation sites (tertiary alicyclic amines) is 1. The van der Waals surface area contributed by atoms with Crippen LogP contribution in [-0.4, -0.2) is 66.9 Å². The molecule has 2 heterocycles. The molecule has 0 saturated carbocycles. The topological polar surface area (TPSA) is 74.9 Å². The third-order valence-electron chi connectivity index (χ3n) is 5.30. The fraction of sp³-hybridized carbons (Fsp3) is 0.455. The predicted molar refractivity (Wildman–Crippen MR) is 111 cm³/mol. The summed E-state index contributed by atoms with van der Waals surface area (Å²) in [7, 11) is 3.21. The van der Waals surface area contributed by atoms with Crippen molar-refractivity contribution in [3.05, 3.63) is 47.3 Å². The van der Waals surface area contributed by atoms with Gasteiger partial charge in [0.1, 0.15) is 5.69 Å². The number of aromatic nitrogens is 1. The van der Waals surface area contributed by atoms with Gasteiger partial charge in [0.15, 0.2) is 17.3 Å². The lowest BCUT2D eigenvalue weighted by Gasteiger charge is -2.20. The van der Waals surface area contributed by atoms with E-state index in [0.29, 0.717) is 29.3 Å². The quantitative estimate of drug-likeness (QED) is 0.656. The minimum atomic E-state index is -0.0285. The number of nitrogens with one attached hydrogen (secondary N) is 1. The summed E-state index contributed by atoms with van der Waals surface area (Å²) in [6.07, 6.45) is 3.72. The first kappa shape index (κ1) is 20.9. The molecule has 0 bridgehead atoms. The molecule has 1 aliphatic heterocycles. The maximum Gasteiger partial charge on any atom is 0.270 e. The number of ether oxygens (including phenoxy) is 2. The van der Waals surface area contributed by atoms with Crippen LogP contribution in [0.5, 0.6) is 11.5 Å². The van der Waals surface area contributed by atoms with E-state index in [1.807, 2.05) is 30.0 Å². The number of Topliss-reactive ketones (excluding diaryl/α,β-unsaturated/α-hetero) is 1. The predicted octanol–water partition coefficient (Wildman–Crippen LogP) is 2.97. The minimum Gasteiger partial charge on any atom is -0.493 e. The first-order chi connectivity index (χ1) is 14.0. The zero-order chi connectivity index (χ0) is 20.8. The van der Waals surface area contributed by atoms with E-state index in [-0.39, 0.29) is 18.2 Å². The van der Waals surface area contributed by atoms with Crippen molar-refractivity contribution in [2.45, 2.75) is 26.3 Å². The number of ketones is 1. The summed E-state index contributed by atoms with van der Waals surface area (Å²) >= 11 is 0. The van der Waals surface area contributed by atoms with E-state index in [0.717, 1.165) is 38.0 Å². The Labute approximate surface area is 171 Å². The van der Waals surface area contributed by atoms with Gasteiger partial charge in [-0.1, -0.05) is 13.0 Å². The Hall–Kier alpha value is -2.80. The molecule has 3 rings (SSSR count). The lowest BCUT2D eigenvalue weighted by atomic mass is 10.1. The smallest absolute Gasteiger partial charge is 0.270 e. The van der Waals surface area contributed by atoms with E-state index in [2.05, 4.69) is 9.88 Å². The average molecular weight is 399 g/mol. The molecule has 0 unspecified atom stereocenters. The summed E-state index contributed by atoms with van der Waals surface area (Å²) in [4.78, 5) is 32.1. The number of methoxy groups -OCH3 is 2. The molecule has 2 aromatic rings. The maximum absolute atomic E-state index is 12.8. The first-order valence-corrected chi connectivity index (χ1v) is 9.99. The average Bonchev–Trinajstić information content (AvgIpc) is 3.44. The van der Waals surface area contributed by atoms with Crippen molar-refractivity contribution >= 4 is 11.7 Å². The van der Waals surface area contributed by atoms with Crippen molar-refractivity contribution in [1.29, 1.82) is 0 Å². The molecular weight excluding hydrogens is 370 g/mol. The number of aromatic amines is 1. The number of hydrogen-bond acceptors (Lipinski definition) is 5. The van der Waals surface area contributed by atoms with Crippen molar-refractivity contribution in [3.8, 4) is 11.5 Å². The number of likely N-dealkylation sites (N-methyl/N-ethyl adjacent to an activating group) is 1. The molecule has 29 heavy (non-hydrogen) atoms. The molecule has 1 N–H and O–H groups in total. The summed E-state index contributed by atoms with van der Waals surface area (Å²) in [6.45, 7) is 5.22. The highest BCUT2D eigenvalue weighted by Gasteiger charge is 2.22. The third kappa shape index (κ3) is 4.98. The van der Waals surface area contributed by atoms with Gasteiger partial charge in [-0.2, -0.15) is 0 Å².